The number of aromatic nitrogens is 2. The van der Waals surface area contributed by atoms with Crippen molar-refractivity contribution < 1.29 is 9.84 Å². The molecule has 2 rings (SSSR count). The second kappa shape index (κ2) is 4.74. The van der Waals surface area contributed by atoms with Crippen LogP contribution in [0.25, 0.3) is 11.4 Å². The van der Waals surface area contributed by atoms with Crippen LogP contribution in [-0.2, 0) is 0 Å². The number of aromatic amines is 1. The Bertz CT molecular complexity index is 610. The van der Waals surface area contributed by atoms with Crippen molar-refractivity contribution in [2.45, 2.75) is 0 Å². The van der Waals surface area contributed by atoms with Crippen LogP contribution in [-0.4, -0.2) is 22.2 Å². The average Bonchev–Trinajstić information content (AvgIpc) is 2.35. The van der Waals surface area contributed by atoms with Crippen molar-refractivity contribution in [1.82, 2.24) is 9.97 Å². The van der Waals surface area contributed by atoms with E-state index in [0.717, 1.165) is 0 Å². The maximum atomic E-state index is 11.5. The molecule has 0 atom stereocenters. The lowest BCUT2D eigenvalue weighted by atomic mass is 10.2. The molecular formula is C11H9IN2O3. The van der Waals surface area contributed by atoms with E-state index in [2.05, 4.69) is 9.97 Å². The molecule has 1 aromatic heterocycles. The van der Waals surface area contributed by atoms with Crippen LogP contribution in [0, 0.1) is 3.57 Å². The van der Waals surface area contributed by atoms with E-state index in [-0.39, 0.29) is 15.0 Å². The molecule has 2 aromatic rings. The van der Waals surface area contributed by atoms with Gasteiger partial charge in [0.1, 0.15) is 15.1 Å². The maximum Gasteiger partial charge on any atom is 0.268 e. The third kappa shape index (κ3) is 2.41. The summed E-state index contributed by atoms with van der Waals surface area (Å²) in [6.07, 6.45) is 0. The molecular weight excluding hydrogens is 335 g/mol. The Morgan fingerprint density at radius 3 is 2.88 bits per heavy atom. The highest BCUT2D eigenvalue weighted by molar-refractivity contribution is 14.1. The quantitative estimate of drug-likeness (QED) is 0.814. The second-order valence-electron chi connectivity index (χ2n) is 3.28. The third-order valence-electron chi connectivity index (χ3n) is 2.19. The molecule has 2 N–H and O–H groups in total. The molecule has 0 bridgehead atoms. The molecule has 1 heterocycles. The van der Waals surface area contributed by atoms with E-state index in [4.69, 9.17) is 4.74 Å². The summed E-state index contributed by atoms with van der Waals surface area (Å²) < 4.78 is 5.25. The van der Waals surface area contributed by atoms with Crippen LogP contribution >= 0.6 is 22.6 Å². The first-order valence-corrected chi connectivity index (χ1v) is 5.83. The zero-order valence-electron chi connectivity index (χ0n) is 8.90. The molecule has 0 radical (unpaired) electrons. The summed E-state index contributed by atoms with van der Waals surface area (Å²) in [4.78, 5) is 18.0. The maximum absolute atomic E-state index is 11.5. The van der Waals surface area contributed by atoms with E-state index in [1.807, 2.05) is 0 Å². The first-order valence-electron chi connectivity index (χ1n) is 4.75. The molecule has 0 aliphatic heterocycles. The number of benzene rings is 1. The predicted molar refractivity (Wildman–Crippen MR) is 71.2 cm³/mol. The highest BCUT2D eigenvalue weighted by atomic mass is 127. The standard InChI is InChI=1S/C11H9IN2O3/c1-17-7-4-2-3-6(5-7)9-13-10(15)8(12)11(16)14-9/h2-5H,1H3,(H2,13,14,15,16). The summed E-state index contributed by atoms with van der Waals surface area (Å²) in [6, 6.07) is 7.06. The number of nitrogens with one attached hydrogen (secondary N) is 1. The molecule has 0 saturated heterocycles. The van der Waals surface area contributed by atoms with E-state index in [0.29, 0.717) is 17.1 Å². The zero-order valence-corrected chi connectivity index (χ0v) is 11.1. The predicted octanol–water partition coefficient (Wildman–Crippen LogP) is 1.76. The van der Waals surface area contributed by atoms with Crippen molar-refractivity contribution in [1.29, 1.82) is 0 Å². The molecule has 6 heteroatoms. The normalized spacial score (nSPS) is 10.2. The molecule has 0 unspecified atom stereocenters. The van der Waals surface area contributed by atoms with Gasteiger partial charge in [-0.05, 0) is 34.7 Å². The number of halogens is 1. The van der Waals surface area contributed by atoms with Gasteiger partial charge in [0.25, 0.3) is 5.56 Å². The van der Waals surface area contributed by atoms with Crippen molar-refractivity contribution in [3.8, 4) is 23.0 Å². The van der Waals surface area contributed by atoms with Crippen molar-refractivity contribution in [2.24, 2.45) is 0 Å². The number of hydrogen-bond donors (Lipinski definition) is 2. The number of rotatable bonds is 2. The molecule has 0 amide bonds. The highest BCUT2D eigenvalue weighted by Gasteiger charge is 2.09. The summed E-state index contributed by atoms with van der Waals surface area (Å²) in [7, 11) is 1.56. The first kappa shape index (κ1) is 11.9. The lowest BCUT2D eigenvalue weighted by Crippen LogP contribution is -2.12. The minimum absolute atomic E-state index is 0.175. The summed E-state index contributed by atoms with van der Waals surface area (Å²) in [5.41, 5.74) is 0.309. The second-order valence-corrected chi connectivity index (χ2v) is 4.36. The Labute approximate surface area is 111 Å². The number of methoxy groups -OCH3 is 1. The van der Waals surface area contributed by atoms with Gasteiger partial charge in [0.05, 0.1) is 7.11 Å². The number of nitrogens with zero attached hydrogens (tertiary/aromatic N) is 1. The van der Waals surface area contributed by atoms with Gasteiger partial charge in [-0.15, -0.1) is 0 Å². The van der Waals surface area contributed by atoms with Crippen LogP contribution in [0.4, 0.5) is 0 Å². The smallest absolute Gasteiger partial charge is 0.268 e. The van der Waals surface area contributed by atoms with Gasteiger partial charge in [-0.25, -0.2) is 0 Å². The van der Waals surface area contributed by atoms with Crippen LogP contribution in [0.3, 0.4) is 0 Å². The van der Waals surface area contributed by atoms with E-state index in [1.54, 1.807) is 54.0 Å². The van der Waals surface area contributed by atoms with Gasteiger partial charge >= 0.3 is 0 Å². The molecule has 0 saturated carbocycles. The average molecular weight is 344 g/mol. The van der Waals surface area contributed by atoms with Gasteiger partial charge in [0.15, 0.2) is 0 Å². The van der Waals surface area contributed by atoms with E-state index in [9.17, 15) is 9.90 Å². The summed E-state index contributed by atoms with van der Waals surface area (Å²) >= 11 is 1.74. The van der Waals surface area contributed by atoms with E-state index < -0.39 is 0 Å². The summed E-state index contributed by atoms with van der Waals surface area (Å²) in [6.45, 7) is 0. The molecule has 0 spiro atoms. The van der Waals surface area contributed by atoms with Crippen LogP contribution in [0.15, 0.2) is 29.1 Å². The van der Waals surface area contributed by atoms with Crippen LogP contribution in [0.2, 0.25) is 0 Å². The van der Waals surface area contributed by atoms with Crippen molar-refractivity contribution in [3.05, 3.63) is 38.2 Å². The topological polar surface area (TPSA) is 75.2 Å². The minimum Gasteiger partial charge on any atom is -0.497 e. The van der Waals surface area contributed by atoms with Gasteiger partial charge in [-0.1, -0.05) is 12.1 Å². The highest BCUT2D eigenvalue weighted by Crippen LogP contribution is 2.22. The lowest BCUT2D eigenvalue weighted by molar-refractivity contribution is 0.415. The third-order valence-corrected chi connectivity index (χ3v) is 3.16. The molecule has 88 valence electrons. The Hall–Kier alpha value is -1.57. The zero-order chi connectivity index (χ0) is 12.4. The fourth-order valence-corrected chi connectivity index (χ4v) is 1.61. The Morgan fingerprint density at radius 2 is 2.24 bits per heavy atom. The minimum atomic E-state index is -0.365. The molecule has 0 fully saturated rings. The Balaban J connectivity index is 2.56. The van der Waals surface area contributed by atoms with Crippen LogP contribution < -0.4 is 10.3 Å². The van der Waals surface area contributed by atoms with Gasteiger partial charge in [0, 0.05) is 5.56 Å². The monoisotopic (exact) mass is 344 g/mol. The number of ether oxygens (including phenoxy) is 1. The van der Waals surface area contributed by atoms with E-state index in [1.165, 1.54) is 0 Å². The van der Waals surface area contributed by atoms with E-state index >= 15 is 0 Å². The number of H-pyrrole nitrogens is 1. The number of aromatic hydroxyl groups is 1. The van der Waals surface area contributed by atoms with Crippen LogP contribution in [0.1, 0.15) is 0 Å². The number of hydrogen-bond acceptors (Lipinski definition) is 4. The van der Waals surface area contributed by atoms with Crippen molar-refractivity contribution in [3.63, 3.8) is 0 Å². The molecule has 5 nitrogen and oxygen atoms in total. The van der Waals surface area contributed by atoms with Gasteiger partial charge in [-0.3, -0.25) is 4.79 Å². The largest absolute Gasteiger partial charge is 0.497 e. The van der Waals surface area contributed by atoms with Gasteiger partial charge in [-0.2, -0.15) is 4.98 Å². The molecule has 1 aromatic carbocycles. The fourth-order valence-electron chi connectivity index (χ4n) is 1.35. The summed E-state index contributed by atoms with van der Waals surface area (Å²) in [5, 5.41) is 9.50. The van der Waals surface area contributed by atoms with Crippen LogP contribution in [0.5, 0.6) is 11.6 Å². The van der Waals surface area contributed by atoms with Crippen molar-refractivity contribution in [2.75, 3.05) is 7.11 Å². The molecule has 0 aliphatic carbocycles. The van der Waals surface area contributed by atoms with Gasteiger partial charge in [0.2, 0.25) is 5.88 Å². The Kier molecular flexibility index (Phi) is 3.32. The first-order chi connectivity index (χ1) is 8.11. The summed E-state index contributed by atoms with van der Waals surface area (Å²) in [5.74, 6) is 0.696. The SMILES string of the molecule is COc1cccc(-c2nc(O)c(I)c(=O)[nH]2)c1. The molecule has 0 aliphatic rings. The van der Waals surface area contributed by atoms with Crippen molar-refractivity contribution >= 4 is 22.6 Å². The lowest BCUT2D eigenvalue weighted by Gasteiger charge is -2.04. The Morgan fingerprint density at radius 1 is 1.47 bits per heavy atom. The molecule has 17 heavy (non-hydrogen) atoms. The fraction of sp³-hybridized carbons (Fsp3) is 0.0909. The van der Waals surface area contributed by atoms with Gasteiger partial charge < -0.3 is 14.8 Å².